The van der Waals surface area contributed by atoms with Gasteiger partial charge in [0.1, 0.15) is 0 Å². The zero-order valence-electron chi connectivity index (χ0n) is 6.81. The lowest BCUT2D eigenvalue weighted by atomic mass is 10.2. The molecule has 10 heavy (non-hydrogen) atoms. The molecule has 0 saturated heterocycles. The van der Waals surface area contributed by atoms with Gasteiger partial charge in [0.25, 0.3) is 0 Å². The van der Waals surface area contributed by atoms with Crippen LogP contribution in [-0.4, -0.2) is 0 Å². The summed E-state index contributed by atoms with van der Waals surface area (Å²) < 4.78 is 0. The van der Waals surface area contributed by atoms with Crippen LogP contribution >= 0.6 is 0 Å². The standard InChI is InChI=1S/C9H13N/c1-8(2)4-5-9(3)6-7-10/h4-5H,6H2,1-3H3/b9-5+. The van der Waals surface area contributed by atoms with Crippen molar-refractivity contribution in [1.82, 2.24) is 0 Å². The molecule has 0 aromatic rings. The molecule has 0 radical (unpaired) electrons. The van der Waals surface area contributed by atoms with Gasteiger partial charge in [0.15, 0.2) is 0 Å². The van der Waals surface area contributed by atoms with E-state index in [1.807, 2.05) is 32.9 Å². The summed E-state index contributed by atoms with van der Waals surface area (Å²) in [6.45, 7) is 6.04. The second kappa shape index (κ2) is 4.81. The van der Waals surface area contributed by atoms with Crippen molar-refractivity contribution in [3.05, 3.63) is 23.3 Å². The van der Waals surface area contributed by atoms with E-state index in [0.29, 0.717) is 6.42 Å². The van der Waals surface area contributed by atoms with Crippen LogP contribution in [0.2, 0.25) is 0 Å². The van der Waals surface area contributed by atoms with Crippen molar-refractivity contribution in [3.63, 3.8) is 0 Å². The molecule has 54 valence electrons. The first-order chi connectivity index (χ1) is 4.66. The third kappa shape index (κ3) is 5.11. The van der Waals surface area contributed by atoms with Crippen molar-refractivity contribution in [1.29, 1.82) is 5.26 Å². The average Bonchev–Trinajstić information content (AvgIpc) is 1.85. The summed E-state index contributed by atoms with van der Waals surface area (Å²) in [7, 11) is 0. The topological polar surface area (TPSA) is 23.8 Å². The summed E-state index contributed by atoms with van der Waals surface area (Å²) in [5.74, 6) is 0. The van der Waals surface area contributed by atoms with Gasteiger partial charge in [-0.25, -0.2) is 0 Å². The minimum Gasteiger partial charge on any atom is -0.198 e. The van der Waals surface area contributed by atoms with Crippen LogP contribution in [0.3, 0.4) is 0 Å². The molecule has 1 nitrogen and oxygen atoms in total. The molecule has 0 aliphatic heterocycles. The van der Waals surface area contributed by atoms with Gasteiger partial charge in [0, 0.05) is 0 Å². The molecule has 0 N–H and O–H groups in total. The normalized spacial score (nSPS) is 10.4. The van der Waals surface area contributed by atoms with E-state index in [1.165, 1.54) is 5.57 Å². The summed E-state index contributed by atoms with van der Waals surface area (Å²) >= 11 is 0. The van der Waals surface area contributed by atoms with Gasteiger partial charge in [0.05, 0.1) is 12.5 Å². The van der Waals surface area contributed by atoms with Gasteiger partial charge in [-0.15, -0.1) is 0 Å². The number of nitriles is 1. The highest BCUT2D eigenvalue weighted by Gasteiger charge is 1.82. The molecule has 0 atom stereocenters. The number of hydrogen-bond donors (Lipinski definition) is 0. The van der Waals surface area contributed by atoms with E-state index < -0.39 is 0 Å². The maximum Gasteiger partial charge on any atom is 0.0666 e. The molecular weight excluding hydrogens is 122 g/mol. The first-order valence-electron chi connectivity index (χ1n) is 3.34. The van der Waals surface area contributed by atoms with Crippen molar-refractivity contribution in [2.24, 2.45) is 0 Å². The van der Waals surface area contributed by atoms with Gasteiger partial charge in [-0.1, -0.05) is 23.3 Å². The van der Waals surface area contributed by atoms with Crippen LogP contribution in [0, 0.1) is 11.3 Å². The first kappa shape index (κ1) is 8.97. The Kier molecular flexibility index (Phi) is 4.32. The summed E-state index contributed by atoms with van der Waals surface area (Å²) in [5, 5.41) is 8.29. The van der Waals surface area contributed by atoms with Crippen LogP contribution in [-0.2, 0) is 0 Å². The molecule has 1 heteroatoms. The minimum absolute atomic E-state index is 0.532. The molecule has 0 saturated carbocycles. The van der Waals surface area contributed by atoms with Gasteiger partial charge >= 0.3 is 0 Å². The highest BCUT2D eigenvalue weighted by molar-refractivity contribution is 5.16. The second-order valence-corrected chi connectivity index (χ2v) is 2.59. The van der Waals surface area contributed by atoms with E-state index in [1.54, 1.807) is 0 Å². The van der Waals surface area contributed by atoms with Crippen LogP contribution in [0.4, 0.5) is 0 Å². The summed E-state index contributed by atoms with van der Waals surface area (Å²) in [6.07, 6.45) is 4.54. The molecule has 0 aromatic carbocycles. The molecule has 0 aliphatic carbocycles. The summed E-state index contributed by atoms with van der Waals surface area (Å²) in [6, 6.07) is 2.09. The largest absolute Gasteiger partial charge is 0.198 e. The Labute approximate surface area is 62.7 Å². The van der Waals surface area contributed by atoms with Gasteiger partial charge in [-0.2, -0.15) is 5.26 Å². The van der Waals surface area contributed by atoms with Crippen molar-refractivity contribution in [3.8, 4) is 6.07 Å². The quantitative estimate of drug-likeness (QED) is 0.534. The predicted octanol–water partition coefficient (Wildman–Crippen LogP) is 2.81. The van der Waals surface area contributed by atoms with Crippen LogP contribution < -0.4 is 0 Å². The molecule has 0 spiro atoms. The average molecular weight is 135 g/mol. The number of hydrogen-bond acceptors (Lipinski definition) is 1. The number of nitrogens with zero attached hydrogens (tertiary/aromatic N) is 1. The smallest absolute Gasteiger partial charge is 0.0666 e. The molecule has 0 aromatic heterocycles. The third-order valence-corrected chi connectivity index (χ3v) is 1.06. The maximum atomic E-state index is 8.29. The number of rotatable bonds is 2. The van der Waals surface area contributed by atoms with Crippen molar-refractivity contribution in [2.75, 3.05) is 0 Å². The Bertz CT molecular complexity index is 187. The molecule has 0 aliphatic rings. The van der Waals surface area contributed by atoms with E-state index in [2.05, 4.69) is 6.07 Å². The fourth-order valence-corrected chi connectivity index (χ4v) is 0.493. The van der Waals surface area contributed by atoms with Crippen molar-refractivity contribution in [2.45, 2.75) is 27.2 Å². The Morgan fingerprint density at radius 2 is 1.90 bits per heavy atom. The Morgan fingerprint density at radius 1 is 1.30 bits per heavy atom. The lowest BCUT2D eigenvalue weighted by Crippen LogP contribution is -1.70. The zero-order chi connectivity index (χ0) is 7.98. The van der Waals surface area contributed by atoms with E-state index in [4.69, 9.17) is 5.26 Å². The fraction of sp³-hybridized carbons (Fsp3) is 0.444. The highest BCUT2D eigenvalue weighted by Crippen LogP contribution is 1.99. The van der Waals surface area contributed by atoms with Crippen LogP contribution in [0.1, 0.15) is 27.2 Å². The van der Waals surface area contributed by atoms with E-state index in [9.17, 15) is 0 Å². The predicted molar refractivity (Wildman–Crippen MR) is 43.4 cm³/mol. The molecule has 0 bridgehead atoms. The zero-order valence-corrected chi connectivity index (χ0v) is 6.81. The lowest BCUT2D eigenvalue weighted by molar-refractivity contribution is 1.21. The fourth-order valence-electron chi connectivity index (χ4n) is 0.493. The molecular formula is C9H13N. The SMILES string of the molecule is CC(C)=C/C=C(\C)CC#N. The molecule has 0 fully saturated rings. The highest BCUT2D eigenvalue weighted by atomic mass is 14.2. The molecule has 0 amide bonds. The van der Waals surface area contributed by atoms with Gasteiger partial charge in [-0.3, -0.25) is 0 Å². The third-order valence-electron chi connectivity index (χ3n) is 1.06. The van der Waals surface area contributed by atoms with Gasteiger partial charge in [0.2, 0.25) is 0 Å². The van der Waals surface area contributed by atoms with Crippen LogP contribution in [0.5, 0.6) is 0 Å². The summed E-state index contributed by atoms with van der Waals surface area (Å²) in [5.41, 5.74) is 2.38. The van der Waals surface area contributed by atoms with Gasteiger partial charge in [-0.05, 0) is 20.8 Å². The Balaban J connectivity index is 3.95. The monoisotopic (exact) mass is 135 g/mol. The van der Waals surface area contributed by atoms with E-state index >= 15 is 0 Å². The molecule has 0 unspecified atom stereocenters. The Morgan fingerprint density at radius 3 is 2.30 bits per heavy atom. The Hall–Kier alpha value is -1.03. The van der Waals surface area contributed by atoms with Crippen LogP contribution in [0.25, 0.3) is 0 Å². The lowest BCUT2D eigenvalue weighted by Gasteiger charge is -1.88. The first-order valence-corrected chi connectivity index (χ1v) is 3.34. The van der Waals surface area contributed by atoms with E-state index in [0.717, 1.165) is 5.57 Å². The van der Waals surface area contributed by atoms with Crippen molar-refractivity contribution < 1.29 is 0 Å². The van der Waals surface area contributed by atoms with E-state index in [-0.39, 0.29) is 0 Å². The van der Waals surface area contributed by atoms with Crippen LogP contribution in [0.15, 0.2) is 23.3 Å². The maximum absolute atomic E-state index is 8.29. The van der Waals surface area contributed by atoms with Crippen molar-refractivity contribution >= 4 is 0 Å². The van der Waals surface area contributed by atoms with Gasteiger partial charge < -0.3 is 0 Å². The molecule has 0 rings (SSSR count). The molecule has 0 heterocycles. The number of allylic oxidation sites excluding steroid dienone is 4. The second-order valence-electron chi connectivity index (χ2n) is 2.59. The minimum atomic E-state index is 0.532. The summed E-state index contributed by atoms with van der Waals surface area (Å²) in [4.78, 5) is 0.